The lowest BCUT2D eigenvalue weighted by molar-refractivity contribution is 0.626. The zero-order chi connectivity index (χ0) is 11.7. The van der Waals surface area contributed by atoms with Crippen molar-refractivity contribution < 1.29 is 4.39 Å². The fourth-order valence-electron chi connectivity index (χ4n) is 1.33. The Hall–Kier alpha value is 0.350. The summed E-state index contributed by atoms with van der Waals surface area (Å²) < 4.78 is 13.9. The van der Waals surface area contributed by atoms with Crippen molar-refractivity contribution in [2.45, 2.75) is 4.83 Å². The van der Waals surface area contributed by atoms with Gasteiger partial charge in [-0.1, -0.05) is 33.6 Å². The Morgan fingerprint density at radius 1 is 1.38 bits per heavy atom. The fourth-order valence-corrected chi connectivity index (χ4v) is 4.81. The van der Waals surface area contributed by atoms with E-state index < -0.39 is 0 Å². The van der Waals surface area contributed by atoms with Crippen LogP contribution in [0.4, 0.5) is 4.39 Å². The zero-order valence-electron chi connectivity index (χ0n) is 7.88. The van der Waals surface area contributed by atoms with Crippen molar-refractivity contribution in [3.63, 3.8) is 0 Å². The molecule has 0 fully saturated rings. The van der Waals surface area contributed by atoms with Gasteiger partial charge in [-0.15, -0.1) is 11.3 Å². The molecule has 0 nitrogen and oxygen atoms in total. The molecule has 2 aromatic rings. The van der Waals surface area contributed by atoms with E-state index in [1.807, 2.05) is 11.4 Å². The zero-order valence-corrected chi connectivity index (χ0v) is 13.2. The summed E-state index contributed by atoms with van der Waals surface area (Å²) in [6.45, 7) is 0. The minimum atomic E-state index is -0.217. The lowest BCUT2D eigenvalue weighted by atomic mass is 10.1. The predicted octanol–water partition coefficient (Wildman–Crippen LogP) is 5.63. The molecule has 0 spiro atoms. The van der Waals surface area contributed by atoms with E-state index in [4.69, 9.17) is 11.6 Å². The number of alkyl halides is 1. The van der Waals surface area contributed by atoms with Gasteiger partial charge in [0.2, 0.25) is 0 Å². The van der Waals surface area contributed by atoms with Crippen molar-refractivity contribution >= 4 is 61.5 Å². The molecule has 0 saturated heterocycles. The highest BCUT2D eigenvalue weighted by Crippen LogP contribution is 2.40. The first kappa shape index (κ1) is 12.8. The summed E-state index contributed by atoms with van der Waals surface area (Å²) >= 11 is 13.4. The lowest BCUT2D eigenvalue weighted by Crippen LogP contribution is -1.94. The lowest BCUT2D eigenvalue weighted by Gasteiger charge is -2.11. The Balaban J connectivity index is 2.41. The first-order valence-electron chi connectivity index (χ1n) is 4.41. The van der Waals surface area contributed by atoms with E-state index in [0.29, 0.717) is 0 Å². The maximum atomic E-state index is 13.0. The van der Waals surface area contributed by atoms with Crippen molar-refractivity contribution in [2.75, 3.05) is 0 Å². The van der Waals surface area contributed by atoms with E-state index >= 15 is 0 Å². The van der Waals surface area contributed by atoms with Gasteiger partial charge in [0.25, 0.3) is 0 Å². The summed E-state index contributed by atoms with van der Waals surface area (Å²) in [5, 5.41) is 2.69. The van der Waals surface area contributed by atoms with Crippen LogP contribution in [0.2, 0.25) is 5.02 Å². The van der Waals surface area contributed by atoms with Gasteiger partial charge in [0.15, 0.2) is 0 Å². The van der Waals surface area contributed by atoms with Gasteiger partial charge in [0, 0.05) is 8.45 Å². The first-order valence-corrected chi connectivity index (χ1v) is 7.66. The molecule has 0 aliphatic rings. The molecule has 2 rings (SSSR count). The van der Waals surface area contributed by atoms with Crippen LogP contribution in [0.1, 0.15) is 15.3 Å². The number of halogens is 4. The van der Waals surface area contributed by atoms with Crippen LogP contribution in [-0.4, -0.2) is 0 Å². The van der Waals surface area contributed by atoms with E-state index in [1.165, 1.54) is 12.1 Å². The Morgan fingerprint density at radius 2 is 2.12 bits per heavy atom. The van der Waals surface area contributed by atoms with Gasteiger partial charge < -0.3 is 0 Å². The SMILES string of the molecule is Fc1ccc(C(Br)c2sccc2Cl)c(I)c1. The predicted molar refractivity (Wildman–Crippen MR) is 79.2 cm³/mol. The smallest absolute Gasteiger partial charge is 0.124 e. The quantitative estimate of drug-likeness (QED) is 0.427. The second kappa shape index (κ2) is 5.33. The van der Waals surface area contributed by atoms with Crippen LogP contribution < -0.4 is 0 Å². The van der Waals surface area contributed by atoms with Crippen LogP contribution in [0.15, 0.2) is 29.6 Å². The summed E-state index contributed by atoms with van der Waals surface area (Å²) in [5.74, 6) is -0.217. The Kier molecular flexibility index (Phi) is 4.26. The molecule has 84 valence electrons. The molecular weight excluding hydrogens is 425 g/mol. The highest BCUT2D eigenvalue weighted by atomic mass is 127. The van der Waals surface area contributed by atoms with Gasteiger partial charge in [-0.05, 0) is 51.7 Å². The molecule has 16 heavy (non-hydrogen) atoms. The maximum Gasteiger partial charge on any atom is 0.124 e. The topological polar surface area (TPSA) is 0 Å². The molecule has 1 atom stereocenters. The van der Waals surface area contributed by atoms with E-state index in [1.54, 1.807) is 17.4 Å². The van der Waals surface area contributed by atoms with Crippen molar-refractivity contribution in [3.8, 4) is 0 Å². The van der Waals surface area contributed by atoms with Crippen molar-refractivity contribution in [3.05, 3.63) is 54.5 Å². The standard InChI is InChI=1S/C11H6BrClFIS/c12-10(11-8(13)3-4-16-11)7-2-1-6(14)5-9(7)15/h1-5,10H. The highest BCUT2D eigenvalue weighted by Gasteiger charge is 2.17. The molecular formula is C11H6BrClFIS. The molecule has 0 amide bonds. The molecule has 0 saturated carbocycles. The summed E-state index contributed by atoms with van der Waals surface area (Å²) in [6, 6.07) is 6.64. The normalized spacial score (nSPS) is 12.8. The molecule has 5 heteroatoms. The number of hydrogen-bond acceptors (Lipinski definition) is 1. The third-order valence-electron chi connectivity index (χ3n) is 2.11. The largest absolute Gasteiger partial charge is 0.207 e. The number of rotatable bonds is 2. The summed E-state index contributed by atoms with van der Waals surface area (Å²) in [6.07, 6.45) is 0. The Labute approximate surface area is 124 Å². The average Bonchev–Trinajstić information content (AvgIpc) is 2.63. The monoisotopic (exact) mass is 430 g/mol. The second-order valence-corrected chi connectivity index (χ2v) is 6.59. The second-order valence-electron chi connectivity index (χ2n) is 3.16. The molecule has 0 aliphatic heterocycles. The fraction of sp³-hybridized carbons (Fsp3) is 0.0909. The molecule has 1 aromatic heterocycles. The Bertz CT molecular complexity index is 514. The Morgan fingerprint density at radius 3 is 2.69 bits per heavy atom. The molecule has 0 N–H and O–H groups in total. The third kappa shape index (κ3) is 2.60. The summed E-state index contributed by atoms with van der Waals surface area (Å²) in [4.78, 5) is 1.07. The van der Waals surface area contributed by atoms with Crippen molar-refractivity contribution in [1.29, 1.82) is 0 Å². The van der Waals surface area contributed by atoms with E-state index in [0.717, 1.165) is 19.0 Å². The first-order chi connectivity index (χ1) is 7.59. The van der Waals surface area contributed by atoms with Gasteiger partial charge >= 0.3 is 0 Å². The molecule has 1 unspecified atom stereocenters. The van der Waals surface area contributed by atoms with Gasteiger partial charge in [0.1, 0.15) is 5.82 Å². The van der Waals surface area contributed by atoms with Crippen molar-refractivity contribution in [1.82, 2.24) is 0 Å². The number of benzene rings is 1. The van der Waals surface area contributed by atoms with Gasteiger partial charge in [0.05, 0.1) is 9.85 Å². The maximum absolute atomic E-state index is 13.0. The highest BCUT2D eigenvalue weighted by molar-refractivity contribution is 14.1. The molecule has 0 aliphatic carbocycles. The van der Waals surface area contributed by atoms with Crippen LogP contribution in [0.5, 0.6) is 0 Å². The third-order valence-corrected chi connectivity index (χ3v) is 5.72. The van der Waals surface area contributed by atoms with E-state index in [-0.39, 0.29) is 10.6 Å². The average molecular weight is 431 g/mol. The van der Waals surface area contributed by atoms with Crippen LogP contribution in [0, 0.1) is 9.39 Å². The molecule has 1 heterocycles. The van der Waals surface area contributed by atoms with Crippen LogP contribution in [-0.2, 0) is 0 Å². The molecule has 0 radical (unpaired) electrons. The van der Waals surface area contributed by atoms with Crippen LogP contribution in [0.25, 0.3) is 0 Å². The molecule has 0 bridgehead atoms. The van der Waals surface area contributed by atoms with E-state index in [2.05, 4.69) is 38.5 Å². The summed E-state index contributed by atoms with van der Waals surface area (Å²) in [7, 11) is 0. The summed E-state index contributed by atoms with van der Waals surface area (Å²) in [5.41, 5.74) is 1.03. The molecule has 1 aromatic carbocycles. The minimum Gasteiger partial charge on any atom is -0.207 e. The van der Waals surface area contributed by atoms with Crippen LogP contribution in [0.3, 0.4) is 0 Å². The van der Waals surface area contributed by atoms with Gasteiger partial charge in [-0.3, -0.25) is 0 Å². The van der Waals surface area contributed by atoms with E-state index in [9.17, 15) is 4.39 Å². The number of hydrogen-bond donors (Lipinski definition) is 0. The van der Waals surface area contributed by atoms with Gasteiger partial charge in [-0.25, -0.2) is 4.39 Å². The van der Waals surface area contributed by atoms with Crippen molar-refractivity contribution in [2.24, 2.45) is 0 Å². The minimum absolute atomic E-state index is 0.0208. The van der Waals surface area contributed by atoms with Crippen LogP contribution >= 0.6 is 61.5 Å². The number of thiophene rings is 1. The van der Waals surface area contributed by atoms with Gasteiger partial charge in [-0.2, -0.15) is 0 Å².